The van der Waals surface area contributed by atoms with Crippen molar-refractivity contribution in [3.05, 3.63) is 58.3 Å². The lowest BCUT2D eigenvalue weighted by Gasteiger charge is -2.09. The molecule has 0 spiro atoms. The van der Waals surface area contributed by atoms with Crippen LogP contribution in [-0.4, -0.2) is 28.7 Å². The molecule has 1 N–H and O–H groups in total. The number of aromatic nitrogens is 1. The van der Waals surface area contributed by atoms with Crippen LogP contribution in [0.4, 0.5) is 0 Å². The quantitative estimate of drug-likeness (QED) is 0.666. The van der Waals surface area contributed by atoms with Gasteiger partial charge in [0.1, 0.15) is 17.5 Å². The Balaban J connectivity index is 2.26. The highest BCUT2D eigenvalue weighted by atomic mass is 16.6. The second-order valence-corrected chi connectivity index (χ2v) is 4.21. The van der Waals surface area contributed by atoms with Crippen LogP contribution in [0.3, 0.4) is 0 Å². The van der Waals surface area contributed by atoms with Crippen LogP contribution in [0.1, 0.15) is 11.7 Å². The molecule has 1 aromatic carbocycles. The van der Waals surface area contributed by atoms with Gasteiger partial charge in [-0.1, -0.05) is 24.3 Å². The molecule has 104 valence electrons. The van der Waals surface area contributed by atoms with E-state index in [1.54, 1.807) is 49.7 Å². The summed E-state index contributed by atoms with van der Waals surface area (Å²) < 4.78 is 5.23. The molecule has 6 heteroatoms. The number of nitrogens with zero attached hydrogens (tertiary/aromatic N) is 2. The maximum atomic E-state index is 10.4. The molecule has 1 heterocycles. The minimum absolute atomic E-state index is 0.500. The molecule has 0 bridgehead atoms. The van der Waals surface area contributed by atoms with Gasteiger partial charge in [0.2, 0.25) is 6.54 Å². The average molecular weight is 274 g/mol. The number of benzene rings is 1. The van der Waals surface area contributed by atoms with E-state index in [1.807, 2.05) is 0 Å². The Labute approximate surface area is 115 Å². The Hall–Kier alpha value is -2.47. The van der Waals surface area contributed by atoms with Crippen LogP contribution in [0, 0.1) is 10.1 Å². The number of ether oxygens (including phenoxy) is 1. The molecule has 1 aromatic heterocycles. The maximum Gasteiger partial charge on any atom is 0.233 e. The van der Waals surface area contributed by atoms with E-state index >= 15 is 0 Å². The third-order valence-electron chi connectivity index (χ3n) is 2.88. The van der Waals surface area contributed by atoms with Crippen LogP contribution >= 0.6 is 0 Å². The summed E-state index contributed by atoms with van der Waals surface area (Å²) in [7, 11) is 1.57. The van der Waals surface area contributed by atoms with Crippen LogP contribution in [0.2, 0.25) is 0 Å². The third kappa shape index (κ3) is 3.10. The molecular weight excluding hydrogens is 260 g/mol. The fraction of sp³-hybridized carbons (Fsp3) is 0.214. The van der Waals surface area contributed by atoms with Crippen molar-refractivity contribution in [1.82, 2.24) is 4.98 Å². The standard InChI is InChI=1S/C14H14N2O4/c1-20-13-3-2-8-15-14(13)11-6-4-10(5-7-11)12(17)9-16(18)19/h2-8,12,17H,9H2,1H3. The predicted octanol–water partition coefficient (Wildman–Crippen LogP) is 2.07. The second-order valence-electron chi connectivity index (χ2n) is 4.21. The summed E-state index contributed by atoms with van der Waals surface area (Å²) >= 11 is 0. The van der Waals surface area contributed by atoms with Crippen molar-refractivity contribution >= 4 is 0 Å². The molecule has 0 radical (unpaired) electrons. The highest BCUT2D eigenvalue weighted by Gasteiger charge is 2.14. The molecule has 6 nitrogen and oxygen atoms in total. The van der Waals surface area contributed by atoms with Gasteiger partial charge >= 0.3 is 0 Å². The number of hydrogen-bond donors (Lipinski definition) is 1. The van der Waals surface area contributed by atoms with E-state index in [4.69, 9.17) is 4.74 Å². The van der Waals surface area contributed by atoms with Crippen molar-refractivity contribution in [1.29, 1.82) is 0 Å². The van der Waals surface area contributed by atoms with Gasteiger partial charge in [0, 0.05) is 16.7 Å². The summed E-state index contributed by atoms with van der Waals surface area (Å²) in [6, 6.07) is 10.4. The van der Waals surface area contributed by atoms with Gasteiger partial charge in [0.05, 0.1) is 7.11 Å². The van der Waals surface area contributed by atoms with Crippen LogP contribution in [0.5, 0.6) is 5.75 Å². The third-order valence-corrected chi connectivity index (χ3v) is 2.88. The number of nitro groups is 1. The van der Waals surface area contributed by atoms with Gasteiger partial charge in [0.15, 0.2) is 0 Å². The lowest BCUT2D eigenvalue weighted by molar-refractivity contribution is -0.491. The van der Waals surface area contributed by atoms with Crippen LogP contribution in [0.15, 0.2) is 42.6 Å². The number of rotatable bonds is 5. The van der Waals surface area contributed by atoms with Crippen LogP contribution in [0.25, 0.3) is 11.3 Å². The summed E-state index contributed by atoms with van der Waals surface area (Å²) in [5.41, 5.74) is 2.00. The molecular formula is C14H14N2O4. The normalized spacial score (nSPS) is 11.9. The summed E-state index contributed by atoms with van der Waals surface area (Å²) in [5, 5.41) is 20.0. The molecule has 20 heavy (non-hydrogen) atoms. The minimum atomic E-state index is -1.11. The first-order valence-electron chi connectivity index (χ1n) is 6.01. The Morgan fingerprint density at radius 2 is 2.05 bits per heavy atom. The monoisotopic (exact) mass is 274 g/mol. The lowest BCUT2D eigenvalue weighted by atomic mass is 10.0. The van der Waals surface area contributed by atoms with E-state index in [9.17, 15) is 15.2 Å². The Morgan fingerprint density at radius 3 is 2.65 bits per heavy atom. The molecule has 0 aliphatic carbocycles. The van der Waals surface area contributed by atoms with Crippen molar-refractivity contribution in [2.75, 3.05) is 13.7 Å². The second kappa shape index (κ2) is 6.12. The van der Waals surface area contributed by atoms with Crippen molar-refractivity contribution < 1.29 is 14.8 Å². The fourth-order valence-corrected chi connectivity index (χ4v) is 1.88. The minimum Gasteiger partial charge on any atom is -0.494 e. The number of aliphatic hydroxyl groups excluding tert-OH is 1. The molecule has 0 fully saturated rings. The molecule has 1 unspecified atom stereocenters. The first-order chi connectivity index (χ1) is 9.61. The van der Waals surface area contributed by atoms with Gasteiger partial charge in [0.25, 0.3) is 0 Å². The summed E-state index contributed by atoms with van der Waals surface area (Å²) in [4.78, 5) is 14.1. The number of aliphatic hydroxyl groups is 1. The molecule has 0 amide bonds. The molecule has 0 aliphatic rings. The number of hydrogen-bond acceptors (Lipinski definition) is 5. The molecule has 2 rings (SSSR count). The molecule has 0 aliphatic heterocycles. The topological polar surface area (TPSA) is 85.5 Å². The number of pyridine rings is 1. The first kappa shape index (κ1) is 14.0. The molecule has 1 atom stereocenters. The highest BCUT2D eigenvalue weighted by Crippen LogP contribution is 2.28. The predicted molar refractivity (Wildman–Crippen MR) is 73.0 cm³/mol. The zero-order chi connectivity index (χ0) is 14.5. The number of methoxy groups -OCH3 is 1. The van der Waals surface area contributed by atoms with E-state index in [0.29, 0.717) is 17.0 Å². The van der Waals surface area contributed by atoms with Gasteiger partial charge in [-0.25, -0.2) is 0 Å². The molecule has 0 saturated heterocycles. The zero-order valence-electron chi connectivity index (χ0n) is 10.9. The Bertz CT molecular complexity index is 598. The van der Waals surface area contributed by atoms with E-state index in [2.05, 4.69) is 4.98 Å². The van der Waals surface area contributed by atoms with E-state index in [1.165, 1.54) is 0 Å². The van der Waals surface area contributed by atoms with Gasteiger partial charge in [-0.3, -0.25) is 15.1 Å². The maximum absolute atomic E-state index is 10.4. The Kier molecular flexibility index (Phi) is 4.27. The molecule has 2 aromatic rings. The summed E-state index contributed by atoms with van der Waals surface area (Å²) in [6.07, 6.45) is 0.553. The van der Waals surface area contributed by atoms with Gasteiger partial charge in [-0.2, -0.15) is 0 Å². The van der Waals surface area contributed by atoms with Gasteiger partial charge < -0.3 is 9.84 Å². The highest BCUT2D eigenvalue weighted by molar-refractivity contribution is 5.66. The zero-order valence-corrected chi connectivity index (χ0v) is 10.9. The van der Waals surface area contributed by atoms with Crippen molar-refractivity contribution in [2.24, 2.45) is 0 Å². The van der Waals surface area contributed by atoms with Gasteiger partial charge in [-0.15, -0.1) is 0 Å². The average Bonchev–Trinajstić information content (AvgIpc) is 2.46. The van der Waals surface area contributed by atoms with E-state index < -0.39 is 17.6 Å². The van der Waals surface area contributed by atoms with Crippen molar-refractivity contribution in [3.63, 3.8) is 0 Å². The Morgan fingerprint density at radius 1 is 1.35 bits per heavy atom. The van der Waals surface area contributed by atoms with E-state index in [-0.39, 0.29) is 0 Å². The van der Waals surface area contributed by atoms with E-state index in [0.717, 1.165) is 5.56 Å². The van der Waals surface area contributed by atoms with Gasteiger partial charge in [-0.05, 0) is 17.7 Å². The summed E-state index contributed by atoms with van der Waals surface area (Å²) in [5.74, 6) is 0.645. The molecule has 0 saturated carbocycles. The largest absolute Gasteiger partial charge is 0.494 e. The lowest BCUT2D eigenvalue weighted by Crippen LogP contribution is -2.11. The first-order valence-corrected chi connectivity index (χ1v) is 6.01. The van der Waals surface area contributed by atoms with Crippen LogP contribution < -0.4 is 4.74 Å². The smallest absolute Gasteiger partial charge is 0.233 e. The van der Waals surface area contributed by atoms with Crippen molar-refractivity contribution in [2.45, 2.75) is 6.10 Å². The fourth-order valence-electron chi connectivity index (χ4n) is 1.88. The van der Waals surface area contributed by atoms with Crippen molar-refractivity contribution in [3.8, 4) is 17.0 Å². The van der Waals surface area contributed by atoms with Crippen LogP contribution in [-0.2, 0) is 0 Å². The SMILES string of the molecule is COc1cccnc1-c1ccc(C(O)C[N+](=O)[O-])cc1. The summed E-state index contributed by atoms with van der Waals surface area (Å²) in [6.45, 7) is -0.508.